The highest BCUT2D eigenvalue weighted by atomic mass is 16.5. The van der Waals surface area contributed by atoms with Crippen LogP contribution in [0.2, 0.25) is 0 Å². The minimum absolute atomic E-state index is 0.0486. The van der Waals surface area contributed by atoms with Gasteiger partial charge in [0.2, 0.25) is 0 Å². The molecule has 2 N–H and O–H groups in total. The summed E-state index contributed by atoms with van der Waals surface area (Å²) in [5.41, 5.74) is 2.52. The average molecular weight is 290 g/mol. The molecule has 4 nitrogen and oxygen atoms in total. The monoisotopic (exact) mass is 290 g/mol. The van der Waals surface area contributed by atoms with E-state index in [9.17, 15) is 4.79 Å². The lowest BCUT2D eigenvalue weighted by molar-refractivity contribution is -0.127. The lowest BCUT2D eigenvalue weighted by Gasteiger charge is -2.27. The number of rotatable bonds is 6. The Morgan fingerprint density at radius 1 is 1.38 bits per heavy atom. The fraction of sp³-hybridized carbons (Fsp3) is 0.588. The van der Waals surface area contributed by atoms with E-state index < -0.39 is 6.10 Å². The Morgan fingerprint density at radius 2 is 2.10 bits per heavy atom. The molecular formula is C17H26N2O2. The second-order valence-corrected chi connectivity index (χ2v) is 6.20. The predicted octanol–water partition coefficient (Wildman–Crippen LogP) is 2.22. The smallest absolute Gasteiger partial charge is 0.260 e. The molecule has 1 aliphatic rings. The lowest BCUT2D eigenvalue weighted by atomic mass is 9.98. The third-order valence-electron chi connectivity index (χ3n) is 3.98. The van der Waals surface area contributed by atoms with Crippen molar-refractivity contribution < 1.29 is 9.53 Å². The maximum absolute atomic E-state index is 12.0. The molecule has 0 aliphatic carbocycles. The van der Waals surface area contributed by atoms with Crippen molar-refractivity contribution in [2.24, 2.45) is 5.92 Å². The maximum Gasteiger partial charge on any atom is 0.260 e. The Balaban J connectivity index is 1.87. The van der Waals surface area contributed by atoms with E-state index in [0.717, 1.165) is 25.4 Å². The summed E-state index contributed by atoms with van der Waals surface area (Å²) in [4.78, 5) is 12.0. The molecule has 116 valence electrons. The molecule has 1 atom stereocenters. The molecular weight excluding hydrogens is 264 g/mol. The van der Waals surface area contributed by atoms with E-state index >= 15 is 0 Å². The van der Waals surface area contributed by atoms with Gasteiger partial charge < -0.3 is 15.4 Å². The van der Waals surface area contributed by atoms with Crippen LogP contribution < -0.4 is 15.4 Å². The first kappa shape index (κ1) is 15.8. The van der Waals surface area contributed by atoms with E-state index in [2.05, 4.69) is 37.5 Å². The summed E-state index contributed by atoms with van der Waals surface area (Å²) in [7, 11) is 0. The molecule has 1 aliphatic heterocycles. The molecule has 4 heteroatoms. The van der Waals surface area contributed by atoms with Gasteiger partial charge in [0.1, 0.15) is 5.75 Å². The third-order valence-corrected chi connectivity index (χ3v) is 3.98. The summed E-state index contributed by atoms with van der Waals surface area (Å²) in [6, 6.07) is 6.04. The zero-order valence-corrected chi connectivity index (χ0v) is 13.4. The van der Waals surface area contributed by atoms with E-state index in [4.69, 9.17) is 4.74 Å². The quantitative estimate of drug-likeness (QED) is 0.844. The highest BCUT2D eigenvalue weighted by Crippen LogP contribution is 2.24. The minimum Gasteiger partial charge on any atom is -0.481 e. The Morgan fingerprint density at radius 3 is 2.62 bits per heavy atom. The van der Waals surface area contributed by atoms with Crippen molar-refractivity contribution in [3.63, 3.8) is 0 Å². The summed E-state index contributed by atoms with van der Waals surface area (Å²) in [6.45, 7) is 10.9. The van der Waals surface area contributed by atoms with Crippen LogP contribution in [0.15, 0.2) is 18.2 Å². The van der Waals surface area contributed by atoms with Crippen molar-refractivity contribution in [2.45, 2.75) is 39.7 Å². The number of carbonyl (C=O) groups is 1. The highest BCUT2D eigenvalue weighted by Gasteiger charge is 2.20. The number of hydrogen-bond donors (Lipinski definition) is 2. The van der Waals surface area contributed by atoms with Gasteiger partial charge in [-0.05, 0) is 43.0 Å². The first-order chi connectivity index (χ1) is 9.97. The molecule has 0 spiro atoms. The molecule has 1 amide bonds. The molecule has 1 aromatic rings. The number of carbonyl (C=O) groups excluding carboxylic acids is 1. The molecule has 1 saturated heterocycles. The molecule has 0 bridgehead atoms. The second kappa shape index (κ2) is 6.94. The number of benzene rings is 1. The summed E-state index contributed by atoms with van der Waals surface area (Å²) in [5, 5.41) is 6.14. The first-order valence-electron chi connectivity index (χ1n) is 7.73. The van der Waals surface area contributed by atoms with Crippen LogP contribution in [0.3, 0.4) is 0 Å². The topological polar surface area (TPSA) is 50.4 Å². The third kappa shape index (κ3) is 4.21. The lowest BCUT2D eigenvalue weighted by Crippen LogP contribution is -2.49. The van der Waals surface area contributed by atoms with Gasteiger partial charge >= 0.3 is 0 Å². The SMILES string of the molecule is Cc1cc(OC(C)C(=O)NCC2CNC2)ccc1C(C)C. The van der Waals surface area contributed by atoms with E-state index in [1.807, 2.05) is 12.1 Å². The van der Waals surface area contributed by atoms with Crippen molar-refractivity contribution in [1.29, 1.82) is 0 Å². The number of ether oxygens (including phenoxy) is 1. The standard InChI is InChI=1S/C17H26N2O2/c1-11(2)16-6-5-15(7-12(16)3)21-13(4)17(20)19-10-14-8-18-9-14/h5-7,11,13-14,18H,8-10H2,1-4H3,(H,19,20). The van der Waals surface area contributed by atoms with Crippen LogP contribution >= 0.6 is 0 Å². The normalized spacial score (nSPS) is 16.4. The molecule has 2 rings (SSSR count). The fourth-order valence-corrected chi connectivity index (χ4v) is 2.51. The molecule has 0 aromatic heterocycles. The Labute approximate surface area is 127 Å². The number of aryl methyl sites for hydroxylation is 1. The van der Waals surface area contributed by atoms with Crippen LogP contribution in [0.1, 0.15) is 37.8 Å². The van der Waals surface area contributed by atoms with Crippen molar-refractivity contribution in [3.8, 4) is 5.75 Å². The van der Waals surface area contributed by atoms with Crippen LogP contribution in [-0.2, 0) is 4.79 Å². The molecule has 1 fully saturated rings. The molecule has 1 heterocycles. The largest absolute Gasteiger partial charge is 0.481 e. The van der Waals surface area contributed by atoms with Gasteiger partial charge in [-0.2, -0.15) is 0 Å². The van der Waals surface area contributed by atoms with Crippen molar-refractivity contribution >= 4 is 5.91 Å². The van der Waals surface area contributed by atoms with Gasteiger partial charge in [0.15, 0.2) is 6.10 Å². The number of amides is 1. The molecule has 0 saturated carbocycles. The number of hydrogen-bond acceptors (Lipinski definition) is 3. The zero-order valence-electron chi connectivity index (χ0n) is 13.4. The molecule has 0 radical (unpaired) electrons. The predicted molar refractivity (Wildman–Crippen MR) is 84.7 cm³/mol. The maximum atomic E-state index is 12.0. The van der Waals surface area contributed by atoms with E-state index in [0.29, 0.717) is 11.8 Å². The Kier molecular flexibility index (Phi) is 5.23. The van der Waals surface area contributed by atoms with Crippen molar-refractivity contribution in [1.82, 2.24) is 10.6 Å². The van der Waals surface area contributed by atoms with Gasteiger partial charge in [0.25, 0.3) is 5.91 Å². The summed E-state index contributed by atoms with van der Waals surface area (Å²) < 4.78 is 5.75. The average Bonchev–Trinajstić information content (AvgIpc) is 2.36. The van der Waals surface area contributed by atoms with Gasteiger partial charge in [-0.25, -0.2) is 0 Å². The number of nitrogens with one attached hydrogen (secondary N) is 2. The van der Waals surface area contributed by atoms with Crippen molar-refractivity contribution in [2.75, 3.05) is 19.6 Å². The second-order valence-electron chi connectivity index (χ2n) is 6.20. The Hall–Kier alpha value is -1.55. The van der Waals surface area contributed by atoms with E-state index in [-0.39, 0.29) is 5.91 Å². The van der Waals surface area contributed by atoms with Gasteiger partial charge in [0, 0.05) is 25.6 Å². The van der Waals surface area contributed by atoms with Gasteiger partial charge in [-0.1, -0.05) is 19.9 Å². The zero-order chi connectivity index (χ0) is 15.4. The molecule has 21 heavy (non-hydrogen) atoms. The van der Waals surface area contributed by atoms with E-state index in [1.165, 1.54) is 11.1 Å². The van der Waals surface area contributed by atoms with Crippen LogP contribution in [0.4, 0.5) is 0 Å². The van der Waals surface area contributed by atoms with Gasteiger partial charge in [0.05, 0.1) is 0 Å². The summed E-state index contributed by atoms with van der Waals surface area (Å²) >= 11 is 0. The van der Waals surface area contributed by atoms with Crippen molar-refractivity contribution in [3.05, 3.63) is 29.3 Å². The highest BCUT2D eigenvalue weighted by molar-refractivity contribution is 5.80. The van der Waals surface area contributed by atoms with Crippen LogP contribution in [0.25, 0.3) is 0 Å². The summed E-state index contributed by atoms with van der Waals surface area (Å²) in [5.74, 6) is 1.77. The first-order valence-corrected chi connectivity index (χ1v) is 7.73. The molecule has 1 aromatic carbocycles. The Bertz CT molecular complexity index is 496. The van der Waals surface area contributed by atoms with Crippen LogP contribution in [0.5, 0.6) is 5.75 Å². The van der Waals surface area contributed by atoms with Crippen LogP contribution in [-0.4, -0.2) is 31.6 Å². The van der Waals surface area contributed by atoms with Gasteiger partial charge in [-0.15, -0.1) is 0 Å². The van der Waals surface area contributed by atoms with Gasteiger partial charge in [-0.3, -0.25) is 4.79 Å². The minimum atomic E-state index is -0.470. The fourth-order valence-electron chi connectivity index (χ4n) is 2.51. The molecule has 1 unspecified atom stereocenters. The van der Waals surface area contributed by atoms with Crippen LogP contribution in [0, 0.1) is 12.8 Å². The van der Waals surface area contributed by atoms with E-state index in [1.54, 1.807) is 6.92 Å². The summed E-state index contributed by atoms with van der Waals surface area (Å²) in [6.07, 6.45) is -0.470.